The zero-order valence-electron chi connectivity index (χ0n) is 16.8. The smallest absolute Gasteiger partial charge is 0.264 e. The minimum Gasteiger partial charge on any atom is -0.478 e. The van der Waals surface area contributed by atoms with E-state index in [1.54, 1.807) is 48.7 Å². The Hall–Kier alpha value is -3.39. The number of nitrogens with one attached hydrogen (secondary N) is 1. The quantitative estimate of drug-likeness (QED) is 0.599. The van der Waals surface area contributed by atoms with Gasteiger partial charge in [-0.05, 0) is 43.3 Å². The topological polar surface area (TPSA) is 88.6 Å². The number of sulfonamides is 1. The second-order valence-electron chi connectivity index (χ2n) is 6.42. The first kappa shape index (κ1) is 21.3. The Kier molecular flexibility index (Phi) is 6.68. The number of aromatic nitrogens is 1. The molecule has 30 heavy (non-hydrogen) atoms. The summed E-state index contributed by atoms with van der Waals surface area (Å²) in [5.41, 5.74) is 1.52. The Bertz CT molecular complexity index is 1120. The lowest BCUT2D eigenvalue weighted by Gasteiger charge is -2.19. The molecule has 0 fully saturated rings. The number of amides is 1. The Balaban J connectivity index is 1.77. The molecule has 7 nitrogen and oxygen atoms in total. The first-order valence-corrected chi connectivity index (χ1v) is 10.9. The fraction of sp³-hybridized carbons (Fsp3) is 0.182. The average molecular weight is 426 g/mol. The van der Waals surface area contributed by atoms with Crippen LogP contribution in [0.3, 0.4) is 0 Å². The van der Waals surface area contributed by atoms with Crippen LogP contribution in [0.15, 0.2) is 77.8 Å². The van der Waals surface area contributed by atoms with Crippen LogP contribution in [-0.4, -0.2) is 33.0 Å². The number of pyridine rings is 1. The van der Waals surface area contributed by atoms with E-state index >= 15 is 0 Å². The van der Waals surface area contributed by atoms with E-state index in [9.17, 15) is 13.2 Å². The molecule has 156 valence electrons. The van der Waals surface area contributed by atoms with E-state index in [-0.39, 0.29) is 22.9 Å². The van der Waals surface area contributed by atoms with Crippen molar-refractivity contribution in [3.63, 3.8) is 0 Å². The highest BCUT2D eigenvalue weighted by molar-refractivity contribution is 7.92. The van der Waals surface area contributed by atoms with E-state index in [0.717, 1.165) is 5.56 Å². The summed E-state index contributed by atoms with van der Waals surface area (Å²) in [6.45, 7) is 2.53. The average Bonchev–Trinajstić information content (AvgIpc) is 2.78. The minimum atomic E-state index is -3.81. The van der Waals surface area contributed by atoms with E-state index in [4.69, 9.17) is 4.74 Å². The van der Waals surface area contributed by atoms with Crippen molar-refractivity contribution in [2.24, 2.45) is 0 Å². The molecule has 0 aliphatic rings. The van der Waals surface area contributed by atoms with Gasteiger partial charge in [0.1, 0.15) is 0 Å². The molecule has 0 atom stereocenters. The third-order valence-electron chi connectivity index (χ3n) is 4.44. The molecule has 0 saturated heterocycles. The van der Waals surface area contributed by atoms with Gasteiger partial charge in [-0.15, -0.1) is 0 Å². The maximum Gasteiger partial charge on any atom is 0.264 e. The van der Waals surface area contributed by atoms with Crippen molar-refractivity contribution in [2.75, 3.05) is 18.0 Å². The Labute approximate surface area is 176 Å². The highest BCUT2D eigenvalue weighted by Crippen LogP contribution is 2.22. The lowest BCUT2D eigenvalue weighted by atomic mass is 10.2. The summed E-state index contributed by atoms with van der Waals surface area (Å²) in [5.74, 6) is 0.0711. The molecule has 0 radical (unpaired) electrons. The lowest BCUT2D eigenvalue weighted by molar-refractivity contribution is 0.0950. The second-order valence-corrected chi connectivity index (χ2v) is 8.39. The SMILES string of the molecule is CCOc1ncccc1CNC(=O)c1cccc(S(=O)(=O)N(C)c2ccccc2)c1. The van der Waals surface area contributed by atoms with Gasteiger partial charge < -0.3 is 10.1 Å². The fourth-order valence-electron chi connectivity index (χ4n) is 2.84. The van der Waals surface area contributed by atoms with Crippen LogP contribution in [-0.2, 0) is 16.6 Å². The van der Waals surface area contributed by atoms with Gasteiger partial charge in [-0.2, -0.15) is 0 Å². The summed E-state index contributed by atoms with van der Waals surface area (Å²) in [6, 6.07) is 18.3. The minimum absolute atomic E-state index is 0.0397. The summed E-state index contributed by atoms with van der Waals surface area (Å²) in [6.07, 6.45) is 1.62. The Morgan fingerprint density at radius 1 is 1.07 bits per heavy atom. The molecule has 1 N–H and O–H groups in total. The van der Waals surface area contributed by atoms with Crippen LogP contribution in [0.1, 0.15) is 22.8 Å². The zero-order valence-corrected chi connectivity index (χ0v) is 17.6. The number of carbonyl (C=O) groups excluding carboxylic acids is 1. The van der Waals surface area contributed by atoms with Crippen LogP contribution in [0.5, 0.6) is 5.88 Å². The van der Waals surface area contributed by atoms with Gasteiger partial charge in [0.05, 0.1) is 17.2 Å². The summed E-state index contributed by atoms with van der Waals surface area (Å²) in [7, 11) is -2.32. The van der Waals surface area contributed by atoms with Crippen molar-refractivity contribution in [1.82, 2.24) is 10.3 Å². The number of carbonyl (C=O) groups is 1. The molecule has 0 aliphatic heterocycles. The molecule has 0 saturated carbocycles. The van der Waals surface area contributed by atoms with E-state index < -0.39 is 10.0 Å². The largest absolute Gasteiger partial charge is 0.478 e. The van der Waals surface area contributed by atoms with Crippen molar-refractivity contribution in [3.8, 4) is 5.88 Å². The number of nitrogens with zero attached hydrogens (tertiary/aromatic N) is 2. The molecule has 3 rings (SSSR count). The molecular formula is C22H23N3O4S. The Morgan fingerprint density at radius 2 is 1.83 bits per heavy atom. The number of ether oxygens (including phenoxy) is 1. The van der Waals surface area contributed by atoms with Gasteiger partial charge in [-0.25, -0.2) is 13.4 Å². The van der Waals surface area contributed by atoms with Crippen molar-refractivity contribution in [2.45, 2.75) is 18.4 Å². The van der Waals surface area contributed by atoms with E-state index in [1.165, 1.54) is 23.5 Å². The molecule has 8 heteroatoms. The monoisotopic (exact) mass is 425 g/mol. The summed E-state index contributed by atoms with van der Waals surface area (Å²) in [4.78, 5) is 16.8. The molecular weight excluding hydrogens is 402 g/mol. The molecule has 0 unspecified atom stereocenters. The molecule has 1 aromatic heterocycles. The first-order valence-electron chi connectivity index (χ1n) is 9.42. The lowest BCUT2D eigenvalue weighted by Crippen LogP contribution is -2.27. The van der Waals surface area contributed by atoms with E-state index in [1.807, 2.05) is 19.1 Å². The number of hydrogen-bond acceptors (Lipinski definition) is 5. The number of para-hydroxylation sites is 1. The third kappa shape index (κ3) is 4.77. The number of rotatable bonds is 8. The van der Waals surface area contributed by atoms with Crippen LogP contribution in [0.25, 0.3) is 0 Å². The predicted octanol–water partition coefficient (Wildman–Crippen LogP) is 3.24. The van der Waals surface area contributed by atoms with Crippen molar-refractivity contribution in [3.05, 3.63) is 84.1 Å². The van der Waals surface area contributed by atoms with Crippen LogP contribution in [0.4, 0.5) is 5.69 Å². The van der Waals surface area contributed by atoms with Crippen LogP contribution in [0.2, 0.25) is 0 Å². The van der Waals surface area contributed by atoms with Gasteiger partial charge in [0.15, 0.2) is 0 Å². The zero-order chi connectivity index (χ0) is 21.6. The molecule has 2 aromatic carbocycles. The summed E-state index contributed by atoms with van der Waals surface area (Å²) in [5, 5.41) is 2.79. The molecule has 0 bridgehead atoms. The molecule has 0 aliphatic carbocycles. The maximum absolute atomic E-state index is 13.0. The van der Waals surface area contributed by atoms with Crippen LogP contribution in [0, 0.1) is 0 Å². The van der Waals surface area contributed by atoms with E-state index in [2.05, 4.69) is 10.3 Å². The van der Waals surface area contributed by atoms with Crippen molar-refractivity contribution < 1.29 is 17.9 Å². The van der Waals surface area contributed by atoms with Crippen molar-refractivity contribution in [1.29, 1.82) is 0 Å². The summed E-state index contributed by atoms with van der Waals surface area (Å²) < 4.78 is 32.6. The maximum atomic E-state index is 13.0. The van der Waals surface area contributed by atoms with Crippen LogP contribution < -0.4 is 14.4 Å². The molecule has 1 heterocycles. The predicted molar refractivity (Wildman–Crippen MR) is 115 cm³/mol. The highest BCUT2D eigenvalue weighted by Gasteiger charge is 2.22. The van der Waals surface area contributed by atoms with Gasteiger partial charge >= 0.3 is 0 Å². The summed E-state index contributed by atoms with van der Waals surface area (Å²) >= 11 is 0. The van der Waals surface area contributed by atoms with Gasteiger partial charge in [-0.3, -0.25) is 9.10 Å². The van der Waals surface area contributed by atoms with Crippen LogP contribution >= 0.6 is 0 Å². The fourth-order valence-corrected chi connectivity index (χ4v) is 4.08. The molecule has 0 spiro atoms. The van der Waals surface area contributed by atoms with Gasteiger partial charge in [0.2, 0.25) is 5.88 Å². The normalized spacial score (nSPS) is 11.0. The van der Waals surface area contributed by atoms with Gasteiger partial charge in [-0.1, -0.05) is 30.3 Å². The number of benzene rings is 2. The number of anilines is 1. The van der Waals surface area contributed by atoms with Gasteiger partial charge in [0.25, 0.3) is 15.9 Å². The number of hydrogen-bond donors (Lipinski definition) is 1. The van der Waals surface area contributed by atoms with Crippen molar-refractivity contribution >= 4 is 21.6 Å². The second kappa shape index (κ2) is 9.41. The molecule has 3 aromatic rings. The molecule has 1 amide bonds. The standard InChI is InChI=1S/C22H23N3O4S/c1-3-29-22-18(10-8-14-23-22)16-24-21(26)17-9-7-13-20(15-17)30(27,28)25(2)19-11-5-4-6-12-19/h4-15H,3,16H2,1-2H3,(H,24,26). The third-order valence-corrected chi connectivity index (χ3v) is 6.23. The Morgan fingerprint density at radius 3 is 2.57 bits per heavy atom. The highest BCUT2D eigenvalue weighted by atomic mass is 32.2. The van der Waals surface area contributed by atoms with Gasteiger partial charge in [0, 0.05) is 30.9 Å². The van der Waals surface area contributed by atoms with E-state index in [0.29, 0.717) is 18.2 Å². The first-order chi connectivity index (χ1) is 14.4.